The smallest absolute Gasteiger partial charge is 0.408 e. The summed E-state index contributed by atoms with van der Waals surface area (Å²) < 4.78 is 34.9. The molecule has 1 aliphatic rings. The molecule has 0 saturated carbocycles. The van der Waals surface area contributed by atoms with Gasteiger partial charge in [-0.1, -0.05) is 0 Å². The number of rotatable bonds is 3. The van der Waals surface area contributed by atoms with Gasteiger partial charge in [0.15, 0.2) is 9.84 Å². The first-order chi connectivity index (χ1) is 11.4. The van der Waals surface area contributed by atoms with Crippen molar-refractivity contribution < 1.29 is 32.6 Å². The highest BCUT2D eigenvalue weighted by molar-refractivity contribution is 7.91. The van der Waals surface area contributed by atoms with E-state index in [0.717, 1.165) is 6.07 Å². The van der Waals surface area contributed by atoms with Crippen LogP contribution in [0.15, 0.2) is 17.0 Å². The van der Waals surface area contributed by atoms with Crippen molar-refractivity contribution >= 4 is 21.9 Å². The van der Waals surface area contributed by atoms with Crippen LogP contribution in [-0.2, 0) is 14.6 Å². The highest BCUT2D eigenvalue weighted by Crippen LogP contribution is 2.37. The number of amides is 1. The van der Waals surface area contributed by atoms with E-state index in [1.807, 2.05) is 0 Å². The van der Waals surface area contributed by atoms with E-state index < -0.39 is 33.5 Å². The van der Waals surface area contributed by atoms with Crippen LogP contribution in [0.25, 0.3) is 0 Å². The third-order valence-corrected chi connectivity index (χ3v) is 5.44. The molecule has 0 bridgehead atoms. The lowest BCUT2D eigenvalue weighted by Gasteiger charge is -2.28. The summed E-state index contributed by atoms with van der Waals surface area (Å²) in [5, 5.41) is 11.9. The van der Waals surface area contributed by atoms with Crippen molar-refractivity contribution in [3.63, 3.8) is 0 Å². The summed E-state index contributed by atoms with van der Waals surface area (Å²) in [4.78, 5) is 23.2. The molecule has 0 aromatic heterocycles. The fourth-order valence-corrected chi connectivity index (χ4v) is 4.22. The second kappa shape index (κ2) is 6.55. The summed E-state index contributed by atoms with van der Waals surface area (Å²) in [6.45, 7) is 5.15. The molecule has 1 atom stereocenters. The lowest BCUT2D eigenvalue weighted by Crippen LogP contribution is -2.37. The van der Waals surface area contributed by atoms with E-state index >= 15 is 0 Å². The number of hydrogen-bond acceptors (Lipinski definition) is 6. The van der Waals surface area contributed by atoms with Crippen LogP contribution >= 0.6 is 0 Å². The van der Waals surface area contributed by atoms with Crippen LogP contribution < -0.4 is 10.1 Å². The van der Waals surface area contributed by atoms with E-state index in [2.05, 4.69) is 5.32 Å². The number of carboxylic acid groups (broad SMARTS) is 1. The molecule has 1 unspecified atom stereocenters. The standard InChI is InChI=1S/C16H21NO7S/c1-16(2,3)24-15(20)17-11-5-6-25(21,22)13-8-10(14(18)19)12(23-4)7-9(11)13/h7-8,11H,5-6H2,1-4H3,(H,17,20)(H,18,19). The second-order valence-electron chi connectivity index (χ2n) is 6.70. The number of alkyl carbamates (subject to hydrolysis) is 1. The molecule has 0 aliphatic carbocycles. The molecular weight excluding hydrogens is 350 g/mol. The number of carbonyl (C=O) groups is 2. The Bertz CT molecular complexity index is 809. The highest BCUT2D eigenvalue weighted by Gasteiger charge is 2.34. The molecule has 1 amide bonds. The summed E-state index contributed by atoms with van der Waals surface area (Å²) in [5.41, 5.74) is -0.653. The van der Waals surface area contributed by atoms with Crippen molar-refractivity contribution in [2.24, 2.45) is 0 Å². The Morgan fingerprint density at radius 1 is 1.28 bits per heavy atom. The molecule has 1 aromatic rings. The van der Waals surface area contributed by atoms with E-state index in [1.54, 1.807) is 20.8 Å². The molecule has 0 radical (unpaired) electrons. The molecule has 138 valence electrons. The predicted octanol–water partition coefficient (Wildman–Crippen LogP) is 2.14. The van der Waals surface area contributed by atoms with Crippen LogP contribution in [0.2, 0.25) is 0 Å². The Balaban J connectivity index is 2.46. The molecule has 25 heavy (non-hydrogen) atoms. The first kappa shape index (κ1) is 19.0. The summed E-state index contributed by atoms with van der Waals surface area (Å²) >= 11 is 0. The number of sulfone groups is 1. The van der Waals surface area contributed by atoms with Gasteiger partial charge in [0.05, 0.1) is 23.8 Å². The Morgan fingerprint density at radius 2 is 1.92 bits per heavy atom. The average molecular weight is 371 g/mol. The number of fused-ring (bicyclic) bond motifs is 1. The van der Waals surface area contributed by atoms with Gasteiger partial charge in [0.1, 0.15) is 16.9 Å². The Hall–Kier alpha value is -2.29. The molecule has 1 heterocycles. The van der Waals surface area contributed by atoms with Crippen molar-refractivity contribution in [1.29, 1.82) is 0 Å². The van der Waals surface area contributed by atoms with Crippen molar-refractivity contribution in [3.8, 4) is 5.75 Å². The molecule has 0 saturated heterocycles. The first-order valence-corrected chi connectivity index (χ1v) is 9.27. The minimum absolute atomic E-state index is 0.0272. The minimum atomic E-state index is -3.64. The molecule has 0 spiro atoms. The molecule has 8 nitrogen and oxygen atoms in total. The first-order valence-electron chi connectivity index (χ1n) is 7.62. The monoisotopic (exact) mass is 371 g/mol. The van der Waals surface area contributed by atoms with E-state index in [1.165, 1.54) is 13.2 Å². The number of nitrogens with one attached hydrogen (secondary N) is 1. The van der Waals surface area contributed by atoms with E-state index in [-0.39, 0.29) is 28.4 Å². The van der Waals surface area contributed by atoms with Crippen LogP contribution in [0.5, 0.6) is 5.75 Å². The maximum atomic E-state index is 12.3. The number of ether oxygens (including phenoxy) is 2. The van der Waals surface area contributed by atoms with Crippen molar-refractivity contribution in [1.82, 2.24) is 5.32 Å². The van der Waals surface area contributed by atoms with E-state index in [9.17, 15) is 23.1 Å². The number of aromatic carboxylic acids is 1. The average Bonchev–Trinajstić information content (AvgIpc) is 2.47. The van der Waals surface area contributed by atoms with Crippen LogP contribution in [-0.4, -0.2) is 44.1 Å². The second-order valence-corrected chi connectivity index (χ2v) is 8.78. The number of carboxylic acids is 1. The van der Waals surface area contributed by atoms with Gasteiger partial charge in [0.2, 0.25) is 0 Å². The van der Waals surface area contributed by atoms with Crippen molar-refractivity contribution in [3.05, 3.63) is 23.3 Å². The quantitative estimate of drug-likeness (QED) is 0.835. The minimum Gasteiger partial charge on any atom is -0.496 e. The maximum Gasteiger partial charge on any atom is 0.408 e. The van der Waals surface area contributed by atoms with Crippen LogP contribution in [0.4, 0.5) is 4.79 Å². The number of benzene rings is 1. The lowest BCUT2D eigenvalue weighted by atomic mass is 10.0. The molecule has 0 fully saturated rings. The van der Waals surface area contributed by atoms with Gasteiger partial charge in [0, 0.05) is 0 Å². The van der Waals surface area contributed by atoms with Gasteiger partial charge < -0.3 is 19.9 Å². The van der Waals surface area contributed by atoms with Crippen LogP contribution in [0, 0.1) is 0 Å². The van der Waals surface area contributed by atoms with E-state index in [0.29, 0.717) is 5.56 Å². The Morgan fingerprint density at radius 3 is 2.44 bits per heavy atom. The number of carbonyl (C=O) groups excluding carboxylic acids is 1. The van der Waals surface area contributed by atoms with Gasteiger partial charge in [-0.25, -0.2) is 18.0 Å². The highest BCUT2D eigenvalue weighted by atomic mass is 32.2. The predicted molar refractivity (Wildman–Crippen MR) is 88.7 cm³/mol. The molecule has 2 N–H and O–H groups in total. The van der Waals surface area contributed by atoms with Crippen LogP contribution in [0.3, 0.4) is 0 Å². The maximum absolute atomic E-state index is 12.3. The largest absolute Gasteiger partial charge is 0.496 e. The number of hydrogen-bond donors (Lipinski definition) is 2. The van der Waals surface area contributed by atoms with Gasteiger partial charge in [-0.15, -0.1) is 0 Å². The van der Waals surface area contributed by atoms with Gasteiger partial charge in [-0.05, 0) is 44.9 Å². The summed E-state index contributed by atoms with van der Waals surface area (Å²) in [6, 6.07) is 1.80. The van der Waals surface area contributed by atoms with Crippen molar-refractivity contribution in [2.45, 2.75) is 43.7 Å². The van der Waals surface area contributed by atoms with Gasteiger partial charge in [-0.3, -0.25) is 0 Å². The Labute approximate surface area is 146 Å². The fourth-order valence-electron chi connectivity index (χ4n) is 2.59. The fraction of sp³-hybridized carbons (Fsp3) is 0.500. The molecule has 1 aliphatic heterocycles. The van der Waals surface area contributed by atoms with Crippen LogP contribution in [0.1, 0.15) is 49.2 Å². The third-order valence-electron chi connectivity index (χ3n) is 3.64. The van der Waals surface area contributed by atoms with Gasteiger partial charge >= 0.3 is 12.1 Å². The summed E-state index contributed by atoms with van der Waals surface area (Å²) in [7, 11) is -2.34. The SMILES string of the molecule is COc1cc2c(cc1C(=O)O)S(=O)(=O)CCC2NC(=O)OC(C)(C)C. The topological polar surface area (TPSA) is 119 Å². The van der Waals surface area contributed by atoms with Crippen molar-refractivity contribution in [2.75, 3.05) is 12.9 Å². The Kier molecular flexibility index (Phi) is 4.99. The zero-order chi connectivity index (χ0) is 19.0. The third kappa shape index (κ3) is 4.22. The molecule has 9 heteroatoms. The van der Waals surface area contributed by atoms with E-state index in [4.69, 9.17) is 9.47 Å². The zero-order valence-electron chi connectivity index (χ0n) is 14.5. The lowest BCUT2D eigenvalue weighted by molar-refractivity contribution is 0.0499. The molecule has 2 rings (SSSR count). The van der Waals surface area contributed by atoms with Gasteiger partial charge in [-0.2, -0.15) is 0 Å². The number of methoxy groups -OCH3 is 1. The normalized spacial score (nSPS) is 18.8. The van der Waals surface area contributed by atoms with Gasteiger partial charge in [0.25, 0.3) is 0 Å². The summed E-state index contributed by atoms with van der Waals surface area (Å²) in [5.74, 6) is -1.47. The molecular formula is C16H21NO7S. The zero-order valence-corrected chi connectivity index (χ0v) is 15.3. The molecule has 1 aromatic carbocycles. The summed E-state index contributed by atoms with van der Waals surface area (Å²) in [6.07, 6.45) is -0.520.